The van der Waals surface area contributed by atoms with E-state index in [1.807, 2.05) is 97.1 Å². The van der Waals surface area contributed by atoms with E-state index in [9.17, 15) is 10.2 Å². The number of hydrogen-bond acceptors (Lipinski definition) is 5. The number of nitrogen functional groups attached to an aromatic ring is 2. The van der Waals surface area contributed by atoms with Gasteiger partial charge in [-0.15, -0.1) is 0 Å². The number of rotatable bonds is 10. The number of benzene rings is 4. The van der Waals surface area contributed by atoms with Crippen LogP contribution in [0.1, 0.15) is 45.6 Å². The lowest BCUT2D eigenvalue weighted by atomic mass is 9.91. The van der Waals surface area contributed by atoms with E-state index in [0.29, 0.717) is 24.2 Å². The van der Waals surface area contributed by atoms with Gasteiger partial charge in [-0.05, 0) is 58.4 Å². The molecule has 0 spiro atoms. The SMILES string of the molecule is Nc1cccc(C(OC(c2ccccc2)c2cccc(N)c2CCO)c2ccccc2)c1CCO. The molecule has 5 heteroatoms. The Kier molecular flexibility index (Phi) is 8.16. The van der Waals surface area contributed by atoms with Gasteiger partial charge < -0.3 is 26.4 Å². The maximum Gasteiger partial charge on any atom is 0.109 e. The molecule has 0 fully saturated rings. The third-order valence-electron chi connectivity index (χ3n) is 6.26. The third kappa shape index (κ3) is 5.54. The Morgan fingerprint density at radius 1 is 0.543 bits per heavy atom. The summed E-state index contributed by atoms with van der Waals surface area (Å²) in [5.41, 5.74) is 19.5. The molecular weight excluding hydrogens is 436 g/mol. The molecule has 2 atom stereocenters. The van der Waals surface area contributed by atoms with Gasteiger partial charge in [0, 0.05) is 24.6 Å². The van der Waals surface area contributed by atoms with E-state index in [1.165, 1.54) is 0 Å². The van der Waals surface area contributed by atoms with Gasteiger partial charge in [-0.3, -0.25) is 0 Å². The van der Waals surface area contributed by atoms with Crippen molar-refractivity contribution in [1.82, 2.24) is 0 Å². The molecule has 0 aliphatic carbocycles. The molecule has 0 saturated heterocycles. The van der Waals surface area contributed by atoms with Gasteiger partial charge in [0.2, 0.25) is 0 Å². The second-order valence-corrected chi connectivity index (χ2v) is 8.49. The van der Waals surface area contributed by atoms with Crippen molar-refractivity contribution in [2.75, 3.05) is 24.7 Å². The summed E-state index contributed by atoms with van der Waals surface area (Å²) in [7, 11) is 0. The number of ether oxygens (including phenoxy) is 1. The Balaban J connectivity index is 1.90. The van der Waals surface area contributed by atoms with E-state index < -0.39 is 12.2 Å². The van der Waals surface area contributed by atoms with Crippen molar-refractivity contribution in [3.63, 3.8) is 0 Å². The van der Waals surface area contributed by atoms with Crippen molar-refractivity contribution in [2.24, 2.45) is 0 Å². The van der Waals surface area contributed by atoms with Gasteiger partial charge in [-0.2, -0.15) is 0 Å². The van der Waals surface area contributed by atoms with E-state index in [2.05, 4.69) is 0 Å². The van der Waals surface area contributed by atoms with Crippen molar-refractivity contribution in [1.29, 1.82) is 0 Å². The molecule has 4 aromatic carbocycles. The van der Waals surface area contributed by atoms with Crippen molar-refractivity contribution < 1.29 is 14.9 Å². The fourth-order valence-electron chi connectivity index (χ4n) is 4.59. The highest BCUT2D eigenvalue weighted by Crippen LogP contribution is 2.40. The average Bonchev–Trinajstić information content (AvgIpc) is 2.89. The minimum Gasteiger partial charge on any atom is -0.398 e. The zero-order chi connectivity index (χ0) is 24.6. The molecule has 5 nitrogen and oxygen atoms in total. The predicted molar refractivity (Wildman–Crippen MR) is 141 cm³/mol. The first-order valence-corrected chi connectivity index (χ1v) is 11.9. The summed E-state index contributed by atoms with van der Waals surface area (Å²) in [6, 6.07) is 31.6. The molecule has 0 aliphatic rings. The van der Waals surface area contributed by atoms with Crippen LogP contribution in [0.15, 0.2) is 97.1 Å². The Hall–Kier alpha value is -3.64. The van der Waals surface area contributed by atoms with Crippen molar-refractivity contribution in [2.45, 2.75) is 25.0 Å². The van der Waals surface area contributed by atoms with Gasteiger partial charge in [0.05, 0.1) is 0 Å². The fourth-order valence-corrected chi connectivity index (χ4v) is 4.59. The van der Waals surface area contributed by atoms with Crippen LogP contribution in [0.4, 0.5) is 11.4 Å². The van der Waals surface area contributed by atoms with Gasteiger partial charge in [-0.1, -0.05) is 84.9 Å². The van der Waals surface area contributed by atoms with Crippen LogP contribution < -0.4 is 11.5 Å². The van der Waals surface area contributed by atoms with Crippen LogP contribution in [0.2, 0.25) is 0 Å². The van der Waals surface area contributed by atoms with E-state index in [4.69, 9.17) is 16.2 Å². The standard InChI is InChI=1S/C30H32N2O3/c31-27-15-7-13-25(23(27)17-19-33)29(21-9-3-1-4-10-21)35-30(22-11-5-2-6-12-22)26-14-8-16-28(32)24(26)18-20-34/h1-16,29-30,33-34H,17-20,31-32H2. The van der Waals surface area contributed by atoms with Crippen LogP contribution in [-0.4, -0.2) is 23.4 Å². The van der Waals surface area contributed by atoms with Crippen molar-refractivity contribution in [3.8, 4) is 0 Å². The Morgan fingerprint density at radius 3 is 1.31 bits per heavy atom. The molecule has 0 aliphatic heterocycles. The maximum absolute atomic E-state index is 9.75. The molecule has 0 aromatic heterocycles. The van der Waals surface area contributed by atoms with Crippen LogP contribution in [0.25, 0.3) is 0 Å². The molecule has 4 rings (SSSR count). The number of aliphatic hydroxyl groups is 2. The first-order valence-electron chi connectivity index (χ1n) is 11.9. The maximum atomic E-state index is 9.75. The van der Waals surface area contributed by atoms with Gasteiger partial charge in [0.1, 0.15) is 12.2 Å². The second kappa shape index (κ2) is 11.7. The first kappa shape index (κ1) is 24.5. The summed E-state index contributed by atoms with van der Waals surface area (Å²) in [6.45, 7) is -0.0264. The zero-order valence-corrected chi connectivity index (χ0v) is 19.7. The monoisotopic (exact) mass is 468 g/mol. The Bertz CT molecular complexity index is 1130. The van der Waals surface area contributed by atoms with Crippen molar-refractivity contribution >= 4 is 11.4 Å². The molecule has 0 amide bonds. The van der Waals surface area contributed by atoms with Crippen LogP contribution in [-0.2, 0) is 17.6 Å². The van der Waals surface area contributed by atoms with Gasteiger partial charge in [0.25, 0.3) is 0 Å². The summed E-state index contributed by atoms with van der Waals surface area (Å²) < 4.78 is 7.00. The lowest BCUT2D eigenvalue weighted by molar-refractivity contribution is 0.0298. The Labute approximate surface area is 206 Å². The highest BCUT2D eigenvalue weighted by Gasteiger charge is 2.27. The zero-order valence-electron chi connectivity index (χ0n) is 19.7. The van der Waals surface area contributed by atoms with Gasteiger partial charge >= 0.3 is 0 Å². The van der Waals surface area contributed by atoms with E-state index in [0.717, 1.165) is 33.4 Å². The molecule has 180 valence electrons. The molecule has 2 unspecified atom stereocenters. The fraction of sp³-hybridized carbons (Fsp3) is 0.200. The Morgan fingerprint density at radius 2 is 0.943 bits per heavy atom. The summed E-state index contributed by atoms with van der Waals surface area (Å²) in [6.07, 6.45) is -0.0398. The lowest BCUT2D eigenvalue weighted by Gasteiger charge is -2.30. The van der Waals surface area contributed by atoms with Gasteiger partial charge in [-0.25, -0.2) is 0 Å². The molecule has 0 saturated carbocycles. The topological polar surface area (TPSA) is 102 Å². The average molecular weight is 469 g/mol. The third-order valence-corrected chi connectivity index (χ3v) is 6.26. The second-order valence-electron chi connectivity index (χ2n) is 8.49. The van der Waals surface area contributed by atoms with Crippen LogP contribution in [0.5, 0.6) is 0 Å². The summed E-state index contributed by atoms with van der Waals surface area (Å²) in [5.74, 6) is 0. The predicted octanol–water partition coefficient (Wildman–Crippen LogP) is 4.82. The highest BCUT2D eigenvalue weighted by atomic mass is 16.5. The largest absolute Gasteiger partial charge is 0.398 e. The van der Waals surface area contributed by atoms with E-state index >= 15 is 0 Å². The molecule has 35 heavy (non-hydrogen) atoms. The molecule has 0 heterocycles. The van der Waals surface area contributed by atoms with E-state index in [-0.39, 0.29) is 13.2 Å². The summed E-state index contributed by atoms with van der Waals surface area (Å²) in [5, 5.41) is 19.5. The number of aliphatic hydroxyl groups excluding tert-OH is 2. The summed E-state index contributed by atoms with van der Waals surface area (Å²) >= 11 is 0. The van der Waals surface area contributed by atoms with Gasteiger partial charge in [0.15, 0.2) is 0 Å². The van der Waals surface area contributed by atoms with E-state index in [1.54, 1.807) is 0 Å². The number of hydrogen-bond donors (Lipinski definition) is 4. The highest BCUT2D eigenvalue weighted by molar-refractivity contribution is 5.55. The quantitative estimate of drug-likeness (QED) is 0.250. The van der Waals surface area contributed by atoms with Crippen molar-refractivity contribution in [3.05, 3.63) is 130 Å². The number of nitrogens with two attached hydrogens (primary N) is 2. The normalized spacial score (nSPS) is 12.9. The van der Waals surface area contributed by atoms with Crippen LogP contribution in [0.3, 0.4) is 0 Å². The molecular formula is C30H32N2O3. The van der Waals surface area contributed by atoms with Crippen LogP contribution in [0, 0.1) is 0 Å². The first-order chi connectivity index (χ1) is 17.1. The van der Waals surface area contributed by atoms with Crippen LogP contribution >= 0.6 is 0 Å². The molecule has 0 radical (unpaired) electrons. The summed E-state index contributed by atoms with van der Waals surface area (Å²) in [4.78, 5) is 0. The smallest absolute Gasteiger partial charge is 0.109 e. The minimum absolute atomic E-state index is 0.0132. The lowest BCUT2D eigenvalue weighted by Crippen LogP contribution is -2.18. The minimum atomic E-state index is -0.449. The number of anilines is 2. The molecule has 6 N–H and O–H groups in total. The molecule has 4 aromatic rings. The molecule has 0 bridgehead atoms.